The largest absolute Gasteiger partial charge is 0.476 e. The van der Waals surface area contributed by atoms with E-state index in [0.717, 1.165) is 24.2 Å². The first-order valence-electron chi connectivity index (χ1n) is 7.84. The topological polar surface area (TPSA) is 74.6 Å². The van der Waals surface area contributed by atoms with E-state index in [-0.39, 0.29) is 16.9 Å². The number of alkyl halides is 1. The Kier molecular flexibility index (Phi) is 6.46. The second-order valence-corrected chi connectivity index (χ2v) is 7.08. The number of benzene rings is 1. The maximum Gasteiger partial charge on any atom is 0.310 e. The molecule has 1 fully saturated rings. The number of carbonyl (C=O) groups excluding carboxylic acids is 1. The van der Waals surface area contributed by atoms with E-state index in [9.17, 15) is 10.1 Å². The molecule has 1 aliphatic rings. The van der Waals surface area contributed by atoms with Gasteiger partial charge in [0.05, 0.1) is 24.3 Å². The third kappa shape index (κ3) is 4.40. The summed E-state index contributed by atoms with van der Waals surface area (Å²) >= 11 is 3.34. The molecule has 0 aliphatic carbocycles. The Bertz CT molecular complexity index is 643. The van der Waals surface area contributed by atoms with Crippen molar-refractivity contribution in [3.05, 3.63) is 23.3 Å². The van der Waals surface area contributed by atoms with Crippen LogP contribution < -0.4 is 10.1 Å². The molecule has 1 saturated heterocycles. The van der Waals surface area contributed by atoms with Gasteiger partial charge in [-0.05, 0) is 53.5 Å². The van der Waals surface area contributed by atoms with E-state index in [1.54, 1.807) is 7.05 Å². The van der Waals surface area contributed by atoms with Crippen LogP contribution in [0.3, 0.4) is 0 Å². The lowest BCUT2D eigenvalue weighted by atomic mass is 10.1. The molecule has 7 heteroatoms. The fraction of sp³-hybridized carbons (Fsp3) is 0.529. The van der Waals surface area contributed by atoms with Crippen LogP contribution >= 0.6 is 15.9 Å². The molecule has 2 atom stereocenters. The quantitative estimate of drug-likeness (QED) is 0.589. The van der Waals surface area contributed by atoms with Gasteiger partial charge in [0, 0.05) is 20.1 Å². The zero-order valence-electron chi connectivity index (χ0n) is 14.1. The third-order valence-corrected chi connectivity index (χ3v) is 4.22. The van der Waals surface area contributed by atoms with Crippen molar-refractivity contribution in [1.82, 2.24) is 4.90 Å². The lowest BCUT2D eigenvalue weighted by molar-refractivity contribution is -0.144. The number of nitriles is 1. The van der Waals surface area contributed by atoms with Gasteiger partial charge < -0.3 is 14.8 Å². The van der Waals surface area contributed by atoms with E-state index in [4.69, 9.17) is 9.47 Å². The molecule has 0 aromatic heterocycles. The number of ether oxygens (including phenoxy) is 2. The lowest BCUT2D eigenvalue weighted by Gasteiger charge is -2.19. The summed E-state index contributed by atoms with van der Waals surface area (Å²) in [6.07, 6.45) is 0.805. The average molecular weight is 396 g/mol. The molecule has 0 bridgehead atoms. The van der Waals surface area contributed by atoms with Crippen molar-refractivity contribution >= 4 is 27.6 Å². The Balaban J connectivity index is 2.17. The summed E-state index contributed by atoms with van der Waals surface area (Å²) in [5.74, 6) is 0.328. The lowest BCUT2D eigenvalue weighted by Crippen LogP contribution is -2.23. The van der Waals surface area contributed by atoms with Crippen LogP contribution in [0.1, 0.15) is 24.5 Å². The van der Waals surface area contributed by atoms with E-state index in [1.165, 1.54) is 7.11 Å². The monoisotopic (exact) mass is 395 g/mol. The summed E-state index contributed by atoms with van der Waals surface area (Å²) in [7, 11) is 3.22. The number of esters is 1. The maximum atomic E-state index is 11.6. The van der Waals surface area contributed by atoms with Gasteiger partial charge in [-0.2, -0.15) is 5.26 Å². The van der Waals surface area contributed by atoms with Crippen molar-refractivity contribution in [1.29, 1.82) is 5.26 Å². The summed E-state index contributed by atoms with van der Waals surface area (Å²) in [4.78, 5) is 13.8. The fourth-order valence-electron chi connectivity index (χ4n) is 2.93. The minimum atomic E-state index is -0.193. The number of hydrogen-bond donors (Lipinski definition) is 1. The SMILES string of the molecule is CNc1cc(CN2CC[C@@H](C(=O)OC)C2)cc(C#N)c1OC(C)Br. The highest BCUT2D eigenvalue weighted by atomic mass is 79.9. The zero-order chi connectivity index (χ0) is 17.7. The first kappa shape index (κ1) is 18.6. The second-order valence-electron chi connectivity index (χ2n) is 5.79. The molecular weight excluding hydrogens is 374 g/mol. The van der Waals surface area contributed by atoms with Gasteiger partial charge >= 0.3 is 5.97 Å². The highest BCUT2D eigenvalue weighted by molar-refractivity contribution is 9.09. The molecule has 1 unspecified atom stereocenters. The molecular formula is C17H22BrN3O3. The first-order valence-corrected chi connectivity index (χ1v) is 8.75. The molecule has 1 aliphatic heterocycles. The number of likely N-dealkylation sites (tertiary alicyclic amines) is 1. The summed E-state index contributed by atoms with van der Waals surface area (Å²) in [6.45, 7) is 4.06. The van der Waals surface area contributed by atoms with Gasteiger partial charge in [0.25, 0.3) is 0 Å². The molecule has 0 spiro atoms. The van der Waals surface area contributed by atoms with E-state index < -0.39 is 0 Å². The highest BCUT2D eigenvalue weighted by Crippen LogP contribution is 2.33. The molecule has 1 aromatic carbocycles. The number of hydrogen-bond acceptors (Lipinski definition) is 6. The Morgan fingerprint density at radius 1 is 1.58 bits per heavy atom. The predicted octanol–water partition coefficient (Wildman–Crippen LogP) is 2.71. The van der Waals surface area contributed by atoms with E-state index in [1.807, 2.05) is 19.1 Å². The van der Waals surface area contributed by atoms with Gasteiger partial charge in [-0.3, -0.25) is 9.69 Å². The van der Waals surface area contributed by atoms with Gasteiger partial charge in [0.15, 0.2) is 10.8 Å². The van der Waals surface area contributed by atoms with Gasteiger partial charge in [-0.25, -0.2) is 0 Å². The number of nitrogens with zero attached hydrogens (tertiary/aromatic N) is 2. The molecule has 1 aromatic rings. The van der Waals surface area contributed by atoms with Crippen molar-refractivity contribution in [2.45, 2.75) is 24.9 Å². The Morgan fingerprint density at radius 2 is 2.33 bits per heavy atom. The van der Waals surface area contributed by atoms with Crippen molar-refractivity contribution in [3.8, 4) is 11.8 Å². The number of methoxy groups -OCH3 is 1. The molecule has 1 heterocycles. The van der Waals surface area contributed by atoms with Crippen molar-refractivity contribution in [2.24, 2.45) is 5.92 Å². The van der Waals surface area contributed by atoms with Crippen LogP contribution in [-0.2, 0) is 16.1 Å². The van der Waals surface area contributed by atoms with Gasteiger partial charge in [-0.1, -0.05) is 0 Å². The van der Waals surface area contributed by atoms with Crippen LogP contribution in [0.25, 0.3) is 0 Å². The van der Waals surface area contributed by atoms with E-state index >= 15 is 0 Å². The molecule has 6 nitrogen and oxygen atoms in total. The summed E-state index contributed by atoms with van der Waals surface area (Å²) in [5.41, 5.74) is 2.28. The van der Waals surface area contributed by atoms with Crippen LogP contribution in [0.5, 0.6) is 5.75 Å². The first-order chi connectivity index (χ1) is 11.5. The predicted molar refractivity (Wildman–Crippen MR) is 95.1 cm³/mol. The molecule has 24 heavy (non-hydrogen) atoms. The molecule has 0 amide bonds. The standard InChI is InChI=1S/C17H22BrN3O3/c1-11(18)24-16-14(8-19)6-12(7-15(16)20-2)9-21-5-4-13(10-21)17(22)23-3/h6-7,11,13,20H,4-5,9-10H2,1-3H3/t11?,13-/m1/s1. The van der Waals surface area contributed by atoms with Gasteiger partial charge in [0.2, 0.25) is 0 Å². The van der Waals surface area contributed by atoms with Crippen molar-refractivity contribution in [3.63, 3.8) is 0 Å². The fourth-order valence-corrected chi connectivity index (χ4v) is 3.12. The average Bonchev–Trinajstić information content (AvgIpc) is 3.03. The van der Waals surface area contributed by atoms with Crippen LogP contribution in [0.2, 0.25) is 0 Å². The third-order valence-electron chi connectivity index (χ3n) is 4.03. The van der Waals surface area contributed by atoms with E-state index in [2.05, 4.69) is 32.2 Å². The molecule has 2 rings (SSSR count). The molecule has 0 saturated carbocycles. The Morgan fingerprint density at radius 3 is 2.92 bits per heavy atom. The van der Waals surface area contributed by atoms with Crippen LogP contribution in [0.15, 0.2) is 12.1 Å². The zero-order valence-corrected chi connectivity index (χ0v) is 15.7. The van der Waals surface area contributed by atoms with Crippen LogP contribution in [0, 0.1) is 17.2 Å². The van der Waals surface area contributed by atoms with Crippen LogP contribution in [-0.4, -0.2) is 43.1 Å². The Labute approximate surface area is 150 Å². The number of rotatable bonds is 6. The minimum absolute atomic E-state index is 0.0638. The van der Waals surface area contributed by atoms with Gasteiger partial charge in [0.1, 0.15) is 6.07 Å². The van der Waals surface area contributed by atoms with Crippen molar-refractivity contribution in [2.75, 3.05) is 32.6 Å². The number of nitrogens with one attached hydrogen (secondary N) is 1. The second kappa shape index (κ2) is 8.36. The minimum Gasteiger partial charge on any atom is -0.476 e. The Hall–Kier alpha value is -1.78. The van der Waals surface area contributed by atoms with Gasteiger partial charge in [-0.15, -0.1) is 0 Å². The van der Waals surface area contributed by atoms with Crippen molar-refractivity contribution < 1.29 is 14.3 Å². The van der Waals surface area contributed by atoms with Crippen LogP contribution in [0.4, 0.5) is 5.69 Å². The number of carbonyl (C=O) groups is 1. The summed E-state index contributed by atoms with van der Waals surface area (Å²) in [6, 6.07) is 6.03. The summed E-state index contributed by atoms with van der Waals surface area (Å²) in [5, 5.41) is 12.3. The maximum absolute atomic E-state index is 11.6. The van der Waals surface area contributed by atoms with E-state index in [0.29, 0.717) is 24.4 Å². The normalized spacial score (nSPS) is 18.7. The number of anilines is 1. The molecule has 130 valence electrons. The summed E-state index contributed by atoms with van der Waals surface area (Å²) < 4.78 is 10.5. The number of halogens is 1. The highest BCUT2D eigenvalue weighted by Gasteiger charge is 2.29. The smallest absolute Gasteiger partial charge is 0.310 e. The molecule has 1 N–H and O–H groups in total. The molecule has 0 radical (unpaired) electrons.